The Bertz CT molecular complexity index is 523. The van der Waals surface area contributed by atoms with Gasteiger partial charge >= 0.3 is 5.97 Å². The van der Waals surface area contributed by atoms with Gasteiger partial charge in [0.2, 0.25) is 0 Å². The van der Waals surface area contributed by atoms with Crippen LogP contribution >= 0.6 is 11.3 Å². The molecule has 17 heavy (non-hydrogen) atoms. The minimum atomic E-state index is -0.322. The van der Waals surface area contributed by atoms with Crippen molar-refractivity contribution in [3.8, 4) is 0 Å². The molecule has 0 radical (unpaired) electrons. The number of carbonyl (C=O) groups excluding carboxylic acids is 1. The second-order valence-electron chi connectivity index (χ2n) is 3.55. The number of esters is 1. The van der Waals surface area contributed by atoms with Crippen LogP contribution < -0.4 is 0 Å². The van der Waals surface area contributed by atoms with Gasteiger partial charge in [0.1, 0.15) is 4.88 Å². The van der Waals surface area contributed by atoms with Crippen LogP contribution in [0.5, 0.6) is 0 Å². The number of aromatic nitrogens is 2. The molecule has 0 bridgehead atoms. The smallest absolute Gasteiger partial charge is 0.349 e. The molecule has 0 amide bonds. The van der Waals surface area contributed by atoms with Crippen molar-refractivity contribution in [2.24, 2.45) is 0 Å². The highest BCUT2D eigenvalue weighted by Gasteiger charge is 2.15. The van der Waals surface area contributed by atoms with Crippen LogP contribution in [0.25, 0.3) is 0 Å². The first-order valence-corrected chi connectivity index (χ1v) is 5.96. The van der Waals surface area contributed by atoms with Gasteiger partial charge in [0.05, 0.1) is 17.8 Å². The lowest BCUT2D eigenvalue weighted by atomic mass is 10.2. The molecule has 0 aliphatic heterocycles. The molecule has 5 heteroatoms. The first-order chi connectivity index (χ1) is 8.20. The first kappa shape index (κ1) is 11.7. The monoisotopic (exact) mass is 248 g/mol. The van der Waals surface area contributed by atoms with Crippen molar-refractivity contribution in [1.82, 2.24) is 9.97 Å². The molecule has 4 nitrogen and oxygen atoms in total. The molecular formula is C12H12N2O2S. The molecule has 0 N–H and O–H groups in total. The van der Waals surface area contributed by atoms with Crippen LogP contribution in [0.3, 0.4) is 0 Å². The van der Waals surface area contributed by atoms with Crippen LogP contribution in [0.2, 0.25) is 0 Å². The lowest BCUT2D eigenvalue weighted by Crippen LogP contribution is -1.99. The molecule has 2 aromatic heterocycles. The zero-order chi connectivity index (χ0) is 12.3. The number of rotatable bonds is 3. The Morgan fingerprint density at radius 1 is 1.53 bits per heavy atom. The van der Waals surface area contributed by atoms with E-state index in [1.54, 1.807) is 12.4 Å². The van der Waals surface area contributed by atoms with E-state index >= 15 is 0 Å². The highest BCUT2D eigenvalue weighted by molar-refractivity contribution is 7.13. The number of hydrogen-bond donors (Lipinski definition) is 0. The molecule has 0 saturated heterocycles. The van der Waals surface area contributed by atoms with E-state index in [0.717, 1.165) is 16.3 Å². The molecule has 2 aromatic rings. The third kappa shape index (κ3) is 2.68. The largest absolute Gasteiger partial charge is 0.465 e. The van der Waals surface area contributed by atoms with Crippen LogP contribution in [0.15, 0.2) is 24.5 Å². The summed E-state index contributed by atoms with van der Waals surface area (Å²) in [5, 5.41) is 0.899. The summed E-state index contributed by atoms with van der Waals surface area (Å²) in [4.78, 5) is 20.4. The Morgan fingerprint density at radius 2 is 2.35 bits per heavy atom. The summed E-state index contributed by atoms with van der Waals surface area (Å²) in [5.74, 6) is -0.322. The van der Waals surface area contributed by atoms with E-state index in [1.807, 2.05) is 19.1 Å². The fourth-order valence-electron chi connectivity index (χ4n) is 1.49. The van der Waals surface area contributed by atoms with Crippen LogP contribution in [-0.2, 0) is 11.2 Å². The van der Waals surface area contributed by atoms with Crippen LogP contribution in [-0.4, -0.2) is 23.0 Å². The number of carbonyl (C=O) groups is 1. The summed E-state index contributed by atoms with van der Waals surface area (Å²) < 4.78 is 4.70. The highest BCUT2D eigenvalue weighted by atomic mass is 32.1. The van der Waals surface area contributed by atoms with Gasteiger partial charge in [-0.15, -0.1) is 11.3 Å². The first-order valence-electron chi connectivity index (χ1n) is 5.14. The predicted molar refractivity (Wildman–Crippen MR) is 65.2 cm³/mol. The van der Waals surface area contributed by atoms with Crippen molar-refractivity contribution in [3.05, 3.63) is 45.7 Å². The van der Waals surface area contributed by atoms with E-state index in [2.05, 4.69) is 9.97 Å². The Balaban J connectivity index is 2.21. The molecule has 88 valence electrons. The van der Waals surface area contributed by atoms with Crippen molar-refractivity contribution in [2.75, 3.05) is 7.11 Å². The van der Waals surface area contributed by atoms with Crippen LogP contribution in [0.1, 0.15) is 25.9 Å². The van der Waals surface area contributed by atoms with Crippen molar-refractivity contribution in [3.63, 3.8) is 0 Å². The van der Waals surface area contributed by atoms with Gasteiger partial charge in [0.15, 0.2) is 0 Å². The Kier molecular flexibility index (Phi) is 3.49. The predicted octanol–water partition coefficient (Wildman–Crippen LogP) is 2.22. The van der Waals surface area contributed by atoms with E-state index < -0.39 is 0 Å². The molecule has 2 heterocycles. The Morgan fingerprint density at radius 3 is 3.00 bits per heavy atom. The molecule has 0 saturated carbocycles. The summed E-state index contributed by atoms with van der Waals surface area (Å²) in [6, 6.07) is 3.87. The maximum Gasteiger partial charge on any atom is 0.349 e. The van der Waals surface area contributed by atoms with Gasteiger partial charge in [-0.3, -0.25) is 4.98 Å². The minimum Gasteiger partial charge on any atom is -0.465 e. The molecular weight excluding hydrogens is 236 g/mol. The SMILES string of the molecule is COC(=O)c1sc(Cc2cccnc2)nc1C. The van der Waals surface area contributed by atoms with Crippen molar-refractivity contribution < 1.29 is 9.53 Å². The number of pyridine rings is 1. The van der Waals surface area contributed by atoms with E-state index in [0.29, 0.717) is 11.3 Å². The number of hydrogen-bond acceptors (Lipinski definition) is 5. The highest BCUT2D eigenvalue weighted by Crippen LogP contribution is 2.21. The Labute approximate surface area is 103 Å². The molecule has 0 unspecified atom stereocenters. The van der Waals surface area contributed by atoms with Gasteiger partial charge in [0.25, 0.3) is 0 Å². The van der Waals surface area contributed by atoms with Gasteiger partial charge < -0.3 is 4.74 Å². The molecule has 2 rings (SSSR count). The summed E-state index contributed by atoms with van der Waals surface area (Å²) in [6.45, 7) is 1.81. The molecule has 0 aliphatic carbocycles. The molecule has 0 fully saturated rings. The normalized spacial score (nSPS) is 10.2. The zero-order valence-electron chi connectivity index (χ0n) is 9.64. The standard InChI is InChI=1S/C12H12N2O2S/c1-8-11(12(15)16-2)17-10(14-8)6-9-4-3-5-13-7-9/h3-5,7H,6H2,1-2H3. The fraction of sp³-hybridized carbons (Fsp3) is 0.250. The van der Waals surface area contributed by atoms with Crippen LogP contribution in [0.4, 0.5) is 0 Å². The summed E-state index contributed by atoms with van der Waals surface area (Å²) in [6.07, 6.45) is 4.22. The number of ether oxygens (including phenoxy) is 1. The van der Waals surface area contributed by atoms with Crippen molar-refractivity contribution in [2.45, 2.75) is 13.3 Å². The van der Waals surface area contributed by atoms with Crippen molar-refractivity contribution in [1.29, 1.82) is 0 Å². The molecule has 0 aromatic carbocycles. The average molecular weight is 248 g/mol. The summed E-state index contributed by atoms with van der Waals surface area (Å²) in [5.41, 5.74) is 1.80. The van der Waals surface area contributed by atoms with E-state index in [-0.39, 0.29) is 5.97 Å². The molecule has 0 atom stereocenters. The van der Waals surface area contributed by atoms with Gasteiger partial charge in [-0.2, -0.15) is 0 Å². The second-order valence-corrected chi connectivity index (χ2v) is 4.64. The van der Waals surface area contributed by atoms with Gasteiger partial charge in [0, 0.05) is 18.8 Å². The van der Waals surface area contributed by atoms with E-state index in [4.69, 9.17) is 4.74 Å². The van der Waals surface area contributed by atoms with E-state index in [1.165, 1.54) is 18.4 Å². The lowest BCUT2D eigenvalue weighted by Gasteiger charge is -1.95. The van der Waals surface area contributed by atoms with Crippen molar-refractivity contribution >= 4 is 17.3 Å². The third-order valence-electron chi connectivity index (χ3n) is 2.29. The van der Waals surface area contributed by atoms with Gasteiger partial charge in [-0.1, -0.05) is 6.07 Å². The summed E-state index contributed by atoms with van der Waals surface area (Å²) >= 11 is 1.37. The summed E-state index contributed by atoms with van der Waals surface area (Å²) in [7, 11) is 1.38. The maximum absolute atomic E-state index is 11.4. The number of aryl methyl sites for hydroxylation is 1. The number of nitrogens with zero attached hydrogens (tertiary/aromatic N) is 2. The Hall–Kier alpha value is -1.75. The lowest BCUT2D eigenvalue weighted by molar-refractivity contribution is 0.0605. The van der Waals surface area contributed by atoms with E-state index in [9.17, 15) is 4.79 Å². The third-order valence-corrected chi connectivity index (χ3v) is 3.43. The minimum absolute atomic E-state index is 0.322. The number of methoxy groups -OCH3 is 1. The van der Waals surface area contributed by atoms with Gasteiger partial charge in [-0.25, -0.2) is 9.78 Å². The number of thiazole rings is 1. The topological polar surface area (TPSA) is 52.1 Å². The van der Waals surface area contributed by atoms with Crippen LogP contribution in [0, 0.1) is 6.92 Å². The fourth-order valence-corrected chi connectivity index (χ4v) is 2.50. The quantitative estimate of drug-likeness (QED) is 0.781. The average Bonchev–Trinajstić information content (AvgIpc) is 2.70. The second kappa shape index (κ2) is 5.05. The molecule has 0 aliphatic rings. The zero-order valence-corrected chi connectivity index (χ0v) is 10.5. The molecule has 0 spiro atoms. The van der Waals surface area contributed by atoms with Gasteiger partial charge in [-0.05, 0) is 18.6 Å². The maximum atomic E-state index is 11.4.